The largest absolute Gasteiger partial charge is 0.496 e. The van der Waals surface area contributed by atoms with Crippen LogP contribution in [0.4, 0.5) is 13.2 Å². The number of aromatic nitrogens is 1. The predicted molar refractivity (Wildman–Crippen MR) is 135 cm³/mol. The summed E-state index contributed by atoms with van der Waals surface area (Å²) in [5, 5.41) is 13.6. The molecule has 0 bridgehead atoms. The highest BCUT2D eigenvalue weighted by Gasteiger charge is 2.62. The molecule has 2 heterocycles. The van der Waals surface area contributed by atoms with E-state index in [0.29, 0.717) is 19.5 Å². The van der Waals surface area contributed by atoms with Gasteiger partial charge in [0.25, 0.3) is 0 Å². The number of rotatable bonds is 8. The fourth-order valence-corrected chi connectivity index (χ4v) is 5.62. The molecule has 2 fully saturated rings. The number of benzene rings is 2. The number of piperidine rings is 1. The summed E-state index contributed by atoms with van der Waals surface area (Å²) >= 11 is 0. The van der Waals surface area contributed by atoms with Gasteiger partial charge in [-0.3, -0.25) is 4.90 Å². The Morgan fingerprint density at radius 1 is 1.24 bits per heavy atom. The number of likely N-dealkylation sites (tertiary alicyclic amines) is 1. The van der Waals surface area contributed by atoms with Crippen molar-refractivity contribution in [2.45, 2.75) is 57.4 Å². The van der Waals surface area contributed by atoms with Crippen LogP contribution in [-0.4, -0.2) is 53.4 Å². The molecule has 0 radical (unpaired) electrons. The number of carboxylic acid groups (broad SMARTS) is 1. The molecule has 3 aromatic rings. The number of nitrogens with one attached hydrogen (secondary N) is 2. The third kappa shape index (κ3) is 4.94. The Labute approximate surface area is 213 Å². The maximum atomic E-state index is 13.5. The zero-order valence-corrected chi connectivity index (χ0v) is 21.0. The van der Waals surface area contributed by atoms with Crippen molar-refractivity contribution in [1.82, 2.24) is 15.2 Å². The monoisotopic (exact) mass is 515 g/mol. The van der Waals surface area contributed by atoms with E-state index in [-0.39, 0.29) is 37.0 Å². The molecule has 1 aliphatic carbocycles. The number of aryl methyl sites for hydroxylation is 1. The standard InChI is InChI=1S/C28H32F3N3O3/c1-17-13-24(37-2)22(21-7-11-32-25(17)21)15-34-12-8-20(33-16-27(9-10-27)28(29,30)31)14-23(34)18-3-5-19(6-4-18)26(35)36/h3-7,11,13,20,23,32-33H,8-10,12,14-16H2,1-2H3,(H,35,36)/t20-,23+/m0/s1. The van der Waals surface area contributed by atoms with Crippen molar-refractivity contribution in [2.75, 3.05) is 20.2 Å². The second kappa shape index (κ2) is 9.68. The van der Waals surface area contributed by atoms with E-state index in [0.717, 1.165) is 39.8 Å². The third-order valence-electron chi connectivity index (χ3n) is 8.13. The molecule has 0 unspecified atom stereocenters. The molecular weight excluding hydrogens is 483 g/mol. The number of methoxy groups -OCH3 is 1. The van der Waals surface area contributed by atoms with Crippen molar-refractivity contribution < 1.29 is 27.8 Å². The Bertz CT molecular complexity index is 1280. The minimum Gasteiger partial charge on any atom is -0.496 e. The molecule has 0 spiro atoms. The normalized spacial score (nSPS) is 21.8. The van der Waals surface area contributed by atoms with Crippen LogP contribution >= 0.6 is 0 Å². The number of carboxylic acids is 1. The number of alkyl halides is 3. The zero-order valence-electron chi connectivity index (χ0n) is 21.0. The smallest absolute Gasteiger partial charge is 0.395 e. The number of hydrogen-bond acceptors (Lipinski definition) is 4. The SMILES string of the molecule is COc1cc(C)c2[nH]ccc2c1CN1CC[C@H](NCC2(C(F)(F)F)CC2)C[C@@H]1c1ccc(C(=O)O)cc1. The van der Waals surface area contributed by atoms with E-state index < -0.39 is 17.6 Å². The van der Waals surface area contributed by atoms with Crippen LogP contribution < -0.4 is 10.1 Å². The first kappa shape index (κ1) is 25.6. The van der Waals surface area contributed by atoms with E-state index >= 15 is 0 Å². The maximum Gasteiger partial charge on any atom is 0.395 e. The minimum absolute atomic E-state index is 0.0540. The topological polar surface area (TPSA) is 77.6 Å². The van der Waals surface area contributed by atoms with E-state index in [2.05, 4.69) is 15.2 Å². The molecule has 2 aromatic carbocycles. The van der Waals surface area contributed by atoms with Gasteiger partial charge in [0, 0.05) is 54.4 Å². The maximum absolute atomic E-state index is 13.5. The molecule has 1 aliphatic heterocycles. The Kier molecular flexibility index (Phi) is 6.70. The van der Waals surface area contributed by atoms with Crippen molar-refractivity contribution >= 4 is 16.9 Å². The molecule has 1 saturated heterocycles. The number of nitrogens with zero attached hydrogens (tertiary/aromatic N) is 1. The molecule has 5 rings (SSSR count). The predicted octanol–water partition coefficient (Wildman–Crippen LogP) is 5.82. The molecule has 1 aromatic heterocycles. The Morgan fingerprint density at radius 2 is 1.97 bits per heavy atom. The summed E-state index contributed by atoms with van der Waals surface area (Å²) in [5.41, 5.74) is 2.76. The fourth-order valence-electron chi connectivity index (χ4n) is 5.62. The number of aromatic amines is 1. The quantitative estimate of drug-likeness (QED) is 0.352. The number of H-pyrrole nitrogens is 1. The number of ether oxygens (including phenoxy) is 1. The van der Waals surface area contributed by atoms with Crippen molar-refractivity contribution in [3.05, 3.63) is 64.8 Å². The second-order valence-corrected chi connectivity index (χ2v) is 10.4. The lowest BCUT2D eigenvalue weighted by Crippen LogP contribution is -2.47. The van der Waals surface area contributed by atoms with Crippen molar-refractivity contribution in [2.24, 2.45) is 5.41 Å². The van der Waals surface area contributed by atoms with Gasteiger partial charge in [-0.15, -0.1) is 0 Å². The van der Waals surface area contributed by atoms with Crippen LogP contribution in [0.3, 0.4) is 0 Å². The first-order valence-electron chi connectivity index (χ1n) is 12.6. The lowest BCUT2D eigenvalue weighted by Gasteiger charge is -2.41. The summed E-state index contributed by atoms with van der Waals surface area (Å²) in [4.78, 5) is 17.0. The summed E-state index contributed by atoms with van der Waals surface area (Å²) in [6, 6.07) is 10.7. The lowest BCUT2D eigenvalue weighted by molar-refractivity contribution is -0.186. The molecule has 198 valence electrons. The van der Waals surface area contributed by atoms with E-state index in [1.54, 1.807) is 19.2 Å². The van der Waals surface area contributed by atoms with Gasteiger partial charge in [0.2, 0.25) is 0 Å². The summed E-state index contributed by atoms with van der Waals surface area (Å²) in [6.45, 7) is 3.26. The Morgan fingerprint density at radius 3 is 2.59 bits per heavy atom. The molecule has 3 N–H and O–H groups in total. The van der Waals surface area contributed by atoms with Crippen LogP contribution in [0, 0.1) is 12.3 Å². The molecule has 1 saturated carbocycles. The molecule has 2 atom stereocenters. The van der Waals surface area contributed by atoms with E-state index in [9.17, 15) is 23.1 Å². The van der Waals surface area contributed by atoms with Crippen LogP contribution in [0.5, 0.6) is 5.75 Å². The average Bonchev–Trinajstić information content (AvgIpc) is 3.52. The zero-order chi connectivity index (χ0) is 26.4. The molecule has 2 aliphatic rings. The van der Waals surface area contributed by atoms with Crippen LogP contribution in [0.15, 0.2) is 42.6 Å². The highest BCUT2D eigenvalue weighted by molar-refractivity contribution is 5.88. The third-order valence-corrected chi connectivity index (χ3v) is 8.13. The molecule has 9 heteroatoms. The van der Waals surface area contributed by atoms with Crippen LogP contribution in [0.1, 0.15) is 58.8 Å². The summed E-state index contributed by atoms with van der Waals surface area (Å²) in [7, 11) is 1.66. The van der Waals surface area contributed by atoms with Gasteiger partial charge in [-0.2, -0.15) is 13.2 Å². The van der Waals surface area contributed by atoms with Crippen molar-refractivity contribution in [3.63, 3.8) is 0 Å². The fraction of sp³-hybridized carbons (Fsp3) is 0.464. The number of carbonyl (C=O) groups is 1. The van der Waals surface area contributed by atoms with Crippen molar-refractivity contribution in [3.8, 4) is 5.75 Å². The summed E-state index contributed by atoms with van der Waals surface area (Å²) < 4.78 is 46.2. The lowest BCUT2D eigenvalue weighted by atomic mass is 9.90. The van der Waals surface area contributed by atoms with E-state index in [4.69, 9.17) is 4.74 Å². The molecular formula is C28H32F3N3O3. The summed E-state index contributed by atoms with van der Waals surface area (Å²) in [6.07, 6.45) is -0.554. The average molecular weight is 516 g/mol. The van der Waals surface area contributed by atoms with Gasteiger partial charge in [-0.25, -0.2) is 4.79 Å². The highest BCUT2D eigenvalue weighted by Crippen LogP contribution is 2.57. The van der Waals surface area contributed by atoms with Crippen LogP contribution in [-0.2, 0) is 6.54 Å². The highest BCUT2D eigenvalue weighted by atomic mass is 19.4. The number of aromatic carboxylic acids is 1. The van der Waals surface area contributed by atoms with Gasteiger partial charge < -0.3 is 20.1 Å². The van der Waals surface area contributed by atoms with Gasteiger partial charge in [0.1, 0.15) is 5.75 Å². The molecule has 0 amide bonds. The molecule has 37 heavy (non-hydrogen) atoms. The first-order chi connectivity index (χ1) is 17.6. The van der Waals surface area contributed by atoms with Gasteiger partial charge in [-0.05, 0) is 68.0 Å². The Balaban J connectivity index is 1.42. The van der Waals surface area contributed by atoms with E-state index in [1.807, 2.05) is 37.4 Å². The van der Waals surface area contributed by atoms with Crippen LogP contribution in [0.25, 0.3) is 10.9 Å². The van der Waals surface area contributed by atoms with Crippen LogP contribution in [0.2, 0.25) is 0 Å². The van der Waals surface area contributed by atoms with E-state index in [1.165, 1.54) is 0 Å². The van der Waals surface area contributed by atoms with Gasteiger partial charge in [0.15, 0.2) is 0 Å². The number of halogens is 3. The second-order valence-electron chi connectivity index (χ2n) is 10.4. The van der Waals surface area contributed by atoms with Crippen molar-refractivity contribution in [1.29, 1.82) is 0 Å². The Hall–Kier alpha value is -3.04. The van der Waals surface area contributed by atoms with Gasteiger partial charge in [0.05, 0.1) is 18.1 Å². The number of fused-ring (bicyclic) bond motifs is 1. The van der Waals surface area contributed by atoms with Gasteiger partial charge >= 0.3 is 12.1 Å². The minimum atomic E-state index is -4.18. The van der Waals surface area contributed by atoms with Gasteiger partial charge in [-0.1, -0.05) is 12.1 Å². The molecule has 6 nitrogen and oxygen atoms in total. The summed E-state index contributed by atoms with van der Waals surface area (Å²) in [5.74, 6) is -0.196. The first-order valence-corrected chi connectivity index (χ1v) is 12.6. The number of hydrogen-bond donors (Lipinski definition) is 3.